The number of amides is 1. The monoisotopic (exact) mass is 414 g/mol. The van der Waals surface area contributed by atoms with Gasteiger partial charge in [0, 0.05) is 19.3 Å². The van der Waals surface area contributed by atoms with Crippen LogP contribution in [-0.2, 0) is 16.1 Å². The molecule has 0 aliphatic carbocycles. The summed E-state index contributed by atoms with van der Waals surface area (Å²) in [5.41, 5.74) is 0.883. The summed E-state index contributed by atoms with van der Waals surface area (Å²) >= 11 is 3.07. The van der Waals surface area contributed by atoms with Crippen molar-refractivity contribution in [2.75, 3.05) is 24.3 Å². The standard InChI is InChI=1S/C20H22N4O2S2/c1-23(15-7-3-2-4-8-15)18(25)14-28-20-22-21-19(17-10-6-12-27-17)24(20)13-16-9-5-11-26-16/h2-4,6-8,10,12,16H,5,9,11,13-14H2,1H3. The average molecular weight is 415 g/mol. The molecule has 1 fully saturated rings. The first-order valence-corrected chi connectivity index (χ1v) is 11.1. The number of nitrogens with zero attached hydrogens (tertiary/aromatic N) is 4. The van der Waals surface area contributed by atoms with Gasteiger partial charge in [0.2, 0.25) is 5.91 Å². The number of anilines is 1. The van der Waals surface area contributed by atoms with E-state index < -0.39 is 0 Å². The van der Waals surface area contributed by atoms with Crippen molar-refractivity contribution >= 4 is 34.7 Å². The number of carbonyl (C=O) groups excluding carboxylic acids is 1. The van der Waals surface area contributed by atoms with Gasteiger partial charge in [-0.2, -0.15) is 0 Å². The van der Waals surface area contributed by atoms with Crippen LogP contribution in [0.5, 0.6) is 0 Å². The fourth-order valence-electron chi connectivity index (χ4n) is 3.16. The molecule has 0 bridgehead atoms. The van der Waals surface area contributed by atoms with Crippen LogP contribution in [-0.4, -0.2) is 46.2 Å². The van der Waals surface area contributed by atoms with Gasteiger partial charge in [0.05, 0.1) is 23.3 Å². The van der Waals surface area contributed by atoms with E-state index in [1.54, 1.807) is 23.3 Å². The Morgan fingerprint density at radius 2 is 2.14 bits per heavy atom. The highest BCUT2D eigenvalue weighted by Gasteiger charge is 2.23. The quantitative estimate of drug-likeness (QED) is 0.548. The zero-order valence-electron chi connectivity index (χ0n) is 15.7. The molecule has 8 heteroatoms. The Morgan fingerprint density at radius 3 is 2.86 bits per heavy atom. The molecule has 1 unspecified atom stereocenters. The second-order valence-electron chi connectivity index (χ2n) is 6.61. The van der Waals surface area contributed by atoms with Crippen molar-refractivity contribution in [3.63, 3.8) is 0 Å². The minimum Gasteiger partial charge on any atom is -0.376 e. The highest BCUT2D eigenvalue weighted by Crippen LogP contribution is 2.29. The van der Waals surface area contributed by atoms with E-state index in [2.05, 4.69) is 14.8 Å². The Labute approximate surface area is 172 Å². The number of rotatable bonds is 7. The van der Waals surface area contributed by atoms with Crippen molar-refractivity contribution in [2.24, 2.45) is 0 Å². The normalized spacial score (nSPS) is 16.4. The molecule has 0 radical (unpaired) electrons. The van der Waals surface area contributed by atoms with Gasteiger partial charge in [-0.15, -0.1) is 21.5 Å². The number of aromatic nitrogens is 3. The number of hydrogen-bond acceptors (Lipinski definition) is 6. The summed E-state index contributed by atoms with van der Waals surface area (Å²) < 4.78 is 7.92. The summed E-state index contributed by atoms with van der Waals surface area (Å²) in [5.74, 6) is 1.18. The van der Waals surface area contributed by atoms with Crippen molar-refractivity contribution in [1.82, 2.24) is 14.8 Å². The first-order valence-electron chi connectivity index (χ1n) is 9.25. The summed E-state index contributed by atoms with van der Waals surface area (Å²) in [4.78, 5) is 15.4. The van der Waals surface area contributed by atoms with E-state index in [1.807, 2.05) is 47.8 Å². The lowest BCUT2D eigenvalue weighted by Gasteiger charge is -2.17. The molecule has 28 heavy (non-hydrogen) atoms. The van der Waals surface area contributed by atoms with Gasteiger partial charge in [-0.3, -0.25) is 9.36 Å². The topological polar surface area (TPSA) is 60.2 Å². The summed E-state index contributed by atoms with van der Waals surface area (Å²) in [6.45, 7) is 1.52. The van der Waals surface area contributed by atoms with Crippen molar-refractivity contribution in [3.8, 4) is 10.7 Å². The molecule has 2 aromatic heterocycles. The maximum absolute atomic E-state index is 12.6. The van der Waals surface area contributed by atoms with Crippen molar-refractivity contribution in [2.45, 2.75) is 30.6 Å². The van der Waals surface area contributed by atoms with Crippen LogP contribution in [0.15, 0.2) is 53.0 Å². The maximum atomic E-state index is 12.6. The first kappa shape index (κ1) is 19.2. The molecule has 4 rings (SSSR count). The largest absolute Gasteiger partial charge is 0.376 e. The number of hydrogen-bond donors (Lipinski definition) is 0. The second kappa shape index (κ2) is 8.89. The maximum Gasteiger partial charge on any atom is 0.237 e. The smallest absolute Gasteiger partial charge is 0.237 e. The predicted octanol–water partition coefficient (Wildman–Crippen LogP) is 3.94. The second-order valence-corrected chi connectivity index (χ2v) is 8.50. The lowest BCUT2D eigenvalue weighted by atomic mass is 10.2. The third-order valence-electron chi connectivity index (χ3n) is 4.71. The number of para-hydroxylation sites is 1. The zero-order valence-corrected chi connectivity index (χ0v) is 17.3. The van der Waals surface area contributed by atoms with Crippen LogP contribution >= 0.6 is 23.1 Å². The molecule has 1 aliphatic rings. The SMILES string of the molecule is CN(C(=O)CSc1nnc(-c2cccs2)n1CC1CCCO1)c1ccccc1. The van der Waals surface area contributed by atoms with Crippen LogP contribution in [0.4, 0.5) is 5.69 Å². The Kier molecular flexibility index (Phi) is 6.09. The molecule has 3 heterocycles. The van der Waals surface area contributed by atoms with Crippen molar-refractivity contribution in [3.05, 3.63) is 47.8 Å². The van der Waals surface area contributed by atoms with E-state index in [-0.39, 0.29) is 12.0 Å². The fraction of sp³-hybridized carbons (Fsp3) is 0.350. The average Bonchev–Trinajstić information content (AvgIpc) is 3.49. The molecule has 146 valence electrons. The Bertz CT molecular complexity index is 906. The summed E-state index contributed by atoms with van der Waals surface area (Å²) in [6.07, 6.45) is 2.31. The molecule has 1 saturated heterocycles. The molecule has 0 N–H and O–H groups in total. The number of thioether (sulfide) groups is 1. The molecule has 1 aliphatic heterocycles. The Hall–Kier alpha value is -2.16. The molecule has 3 aromatic rings. The van der Waals surface area contributed by atoms with Crippen LogP contribution in [0.1, 0.15) is 12.8 Å². The molecule has 6 nitrogen and oxygen atoms in total. The molecule has 1 amide bonds. The van der Waals surface area contributed by atoms with E-state index in [1.165, 1.54) is 11.8 Å². The van der Waals surface area contributed by atoms with Gasteiger partial charge in [0.1, 0.15) is 0 Å². The molecule has 0 spiro atoms. The summed E-state index contributed by atoms with van der Waals surface area (Å²) in [5, 5.41) is 11.6. The van der Waals surface area contributed by atoms with Crippen LogP contribution in [0.2, 0.25) is 0 Å². The third kappa shape index (κ3) is 4.29. The van der Waals surface area contributed by atoms with Crippen LogP contribution < -0.4 is 4.90 Å². The van der Waals surface area contributed by atoms with E-state index in [9.17, 15) is 4.79 Å². The van der Waals surface area contributed by atoms with E-state index in [0.29, 0.717) is 12.3 Å². The number of benzene rings is 1. The lowest BCUT2D eigenvalue weighted by Crippen LogP contribution is -2.28. The minimum atomic E-state index is 0.0283. The first-order chi connectivity index (χ1) is 13.7. The number of thiophene rings is 1. The number of ether oxygens (including phenoxy) is 1. The predicted molar refractivity (Wildman–Crippen MR) is 113 cm³/mol. The molecular weight excluding hydrogens is 392 g/mol. The van der Waals surface area contributed by atoms with E-state index in [4.69, 9.17) is 4.74 Å². The summed E-state index contributed by atoms with van der Waals surface area (Å²) in [6, 6.07) is 13.7. The highest BCUT2D eigenvalue weighted by atomic mass is 32.2. The van der Waals surface area contributed by atoms with Crippen molar-refractivity contribution < 1.29 is 9.53 Å². The van der Waals surface area contributed by atoms with Crippen molar-refractivity contribution in [1.29, 1.82) is 0 Å². The van der Waals surface area contributed by atoms with Gasteiger partial charge in [-0.25, -0.2) is 0 Å². The van der Waals surface area contributed by atoms with Gasteiger partial charge in [-0.05, 0) is 36.4 Å². The van der Waals surface area contributed by atoms with Crippen LogP contribution in [0, 0.1) is 0 Å². The minimum absolute atomic E-state index is 0.0283. The van der Waals surface area contributed by atoms with Gasteiger partial charge in [0.25, 0.3) is 0 Å². The zero-order chi connectivity index (χ0) is 19.3. The molecular formula is C20H22N4O2S2. The Morgan fingerprint density at radius 1 is 1.29 bits per heavy atom. The lowest BCUT2D eigenvalue weighted by molar-refractivity contribution is -0.115. The van der Waals surface area contributed by atoms with E-state index in [0.717, 1.165) is 41.0 Å². The van der Waals surface area contributed by atoms with Gasteiger partial charge < -0.3 is 9.64 Å². The highest BCUT2D eigenvalue weighted by molar-refractivity contribution is 7.99. The fourth-order valence-corrected chi connectivity index (χ4v) is 4.74. The third-order valence-corrected chi connectivity index (χ3v) is 6.53. The van der Waals surface area contributed by atoms with E-state index >= 15 is 0 Å². The molecule has 0 saturated carbocycles. The number of carbonyl (C=O) groups is 1. The van der Waals surface area contributed by atoms with Gasteiger partial charge in [0.15, 0.2) is 11.0 Å². The Balaban J connectivity index is 1.50. The molecule has 1 aromatic carbocycles. The summed E-state index contributed by atoms with van der Waals surface area (Å²) in [7, 11) is 1.80. The van der Waals surface area contributed by atoms with Gasteiger partial charge >= 0.3 is 0 Å². The van der Waals surface area contributed by atoms with Crippen LogP contribution in [0.25, 0.3) is 10.7 Å². The van der Waals surface area contributed by atoms with Crippen LogP contribution in [0.3, 0.4) is 0 Å². The molecule has 1 atom stereocenters. The van der Waals surface area contributed by atoms with Gasteiger partial charge in [-0.1, -0.05) is 36.0 Å².